The molecule has 2 rings (SSSR count). The average molecular weight is 373 g/mol. The van der Waals surface area contributed by atoms with Crippen LogP contribution in [0.5, 0.6) is 5.75 Å². The molecule has 0 saturated heterocycles. The van der Waals surface area contributed by atoms with E-state index >= 15 is 0 Å². The van der Waals surface area contributed by atoms with Gasteiger partial charge in [0.2, 0.25) is 0 Å². The van der Waals surface area contributed by atoms with Gasteiger partial charge in [0.1, 0.15) is 5.75 Å². The molecular weight excluding hydrogens is 346 g/mol. The van der Waals surface area contributed by atoms with Gasteiger partial charge in [0.05, 0.1) is 37.4 Å². The van der Waals surface area contributed by atoms with Crippen LogP contribution in [0.25, 0.3) is 0 Å². The molecule has 0 saturated carbocycles. The number of rotatable bonds is 6. The van der Waals surface area contributed by atoms with E-state index in [4.69, 9.17) is 14.2 Å². The van der Waals surface area contributed by atoms with E-state index in [1.54, 1.807) is 34.8 Å². The molecule has 1 heterocycles. The Morgan fingerprint density at radius 3 is 1.89 bits per heavy atom. The van der Waals surface area contributed by atoms with Crippen LogP contribution in [0.2, 0.25) is 0 Å². The first-order chi connectivity index (χ1) is 12.8. The van der Waals surface area contributed by atoms with E-state index in [2.05, 4.69) is 5.32 Å². The molecule has 1 aliphatic heterocycles. The minimum atomic E-state index is -0.575. The highest BCUT2D eigenvalue weighted by atomic mass is 16.5. The maximum Gasteiger partial charge on any atom is 0.336 e. The molecule has 1 aliphatic rings. The van der Waals surface area contributed by atoms with Crippen LogP contribution >= 0.6 is 0 Å². The third kappa shape index (κ3) is 4.15. The molecule has 0 bridgehead atoms. The molecule has 146 valence electrons. The summed E-state index contributed by atoms with van der Waals surface area (Å²) >= 11 is 0. The second-order valence-electron chi connectivity index (χ2n) is 6.31. The SMILES string of the molecule is CCOC(=O)C1=C(C)NC(C)=C(C(=O)OCC)C1c1ccc(OC)c(C)c1. The normalized spacial score (nSPS) is 14.7. The van der Waals surface area contributed by atoms with E-state index in [9.17, 15) is 9.59 Å². The minimum Gasteiger partial charge on any atom is -0.496 e. The van der Waals surface area contributed by atoms with Crippen LogP contribution in [0, 0.1) is 6.92 Å². The number of dihydropyridines is 1. The van der Waals surface area contributed by atoms with Crippen LogP contribution in [0.15, 0.2) is 40.7 Å². The molecule has 6 nitrogen and oxygen atoms in total. The van der Waals surface area contributed by atoms with Crippen LogP contribution in [0.3, 0.4) is 0 Å². The number of methoxy groups -OCH3 is 1. The van der Waals surface area contributed by atoms with Gasteiger partial charge < -0.3 is 19.5 Å². The summed E-state index contributed by atoms with van der Waals surface area (Å²) in [6.07, 6.45) is 0. The number of carbonyl (C=O) groups excluding carboxylic acids is 2. The van der Waals surface area contributed by atoms with Crippen LogP contribution in [0.4, 0.5) is 0 Å². The first kappa shape index (κ1) is 20.6. The summed E-state index contributed by atoms with van der Waals surface area (Å²) in [6.45, 7) is 9.55. The number of aryl methyl sites for hydroxylation is 1. The first-order valence-corrected chi connectivity index (χ1v) is 9.02. The Balaban J connectivity index is 2.66. The van der Waals surface area contributed by atoms with Crippen molar-refractivity contribution in [2.45, 2.75) is 40.5 Å². The van der Waals surface area contributed by atoms with Crippen molar-refractivity contribution in [1.82, 2.24) is 5.32 Å². The third-order valence-electron chi connectivity index (χ3n) is 4.50. The molecule has 0 aromatic heterocycles. The monoisotopic (exact) mass is 373 g/mol. The van der Waals surface area contributed by atoms with Crippen molar-refractivity contribution in [3.63, 3.8) is 0 Å². The van der Waals surface area contributed by atoms with Gasteiger partial charge >= 0.3 is 11.9 Å². The van der Waals surface area contributed by atoms with Crippen molar-refractivity contribution in [2.24, 2.45) is 0 Å². The standard InChI is InChI=1S/C21H27NO5/c1-7-26-20(23)17-13(4)22-14(5)18(21(24)27-8-2)19(17)15-9-10-16(25-6)12(3)11-15/h9-11,19,22H,7-8H2,1-6H3. The summed E-state index contributed by atoms with van der Waals surface area (Å²) in [5, 5.41) is 3.13. The van der Waals surface area contributed by atoms with E-state index in [1.807, 2.05) is 25.1 Å². The van der Waals surface area contributed by atoms with Crippen LogP contribution < -0.4 is 10.1 Å². The fourth-order valence-corrected chi connectivity index (χ4v) is 3.37. The average Bonchev–Trinajstić information content (AvgIpc) is 2.61. The number of allylic oxidation sites excluding steroid dienone is 2. The highest BCUT2D eigenvalue weighted by Crippen LogP contribution is 2.40. The number of hydrogen-bond acceptors (Lipinski definition) is 6. The van der Waals surface area contributed by atoms with Gasteiger partial charge in [-0.25, -0.2) is 9.59 Å². The number of ether oxygens (including phenoxy) is 3. The van der Waals surface area contributed by atoms with Crippen molar-refractivity contribution in [2.75, 3.05) is 20.3 Å². The second-order valence-corrected chi connectivity index (χ2v) is 6.31. The van der Waals surface area contributed by atoms with Gasteiger partial charge in [-0.2, -0.15) is 0 Å². The minimum absolute atomic E-state index is 0.251. The Labute approximate surface area is 160 Å². The van der Waals surface area contributed by atoms with Crippen molar-refractivity contribution in [3.05, 3.63) is 51.9 Å². The molecule has 6 heteroatoms. The number of hydrogen-bond donors (Lipinski definition) is 1. The largest absolute Gasteiger partial charge is 0.496 e. The molecule has 0 spiro atoms. The summed E-state index contributed by atoms with van der Waals surface area (Å²) in [7, 11) is 1.61. The second kappa shape index (κ2) is 8.75. The maximum atomic E-state index is 12.7. The lowest BCUT2D eigenvalue weighted by Gasteiger charge is -2.30. The molecule has 0 amide bonds. The molecule has 0 unspecified atom stereocenters. The highest BCUT2D eigenvalue weighted by molar-refractivity contribution is 5.99. The Morgan fingerprint density at radius 1 is 0.963 bits per heavy atom. The molecule has 0 aliphatic carbocycles. The Morgan fingerprint density at radius 2 is 1.48 bits per heavy atom. The topological polar surface area (TPSA) is 73.9 Å². The summed E-state index contributed by atoms with van der Waals surface area (Å²) in [5.74, 6) is -0.732. The summed E-state index contributed by atoms with van der Waals surface area (Å²) in [5.41, 5.74) is 3.87. The zero-order valence-corrected chi connectivity index (χ0v) is 16.8. The number of benzene rings is 1. The number of esters is 2. The van der Waals surface area contributed by atoms with E-state index in [-0.39, 0.29) is 13.2 Å². The lowest BCUT2D eigenvalue weighted by atomic mass is 9.80. The van der Waals surface area contributed by atoms with E-state index in [0.29, 0.717) is 22.5 Å². The van der Waals surface area contributed by atoms with E-state index in [0.717, 1.165) is 16.9 Å². The van der Waals surface area contributed by atoms with Gasteiger partial charge in [0, 0.05) is 11.4 Å². The quantitative estimate of drug-likeness (QED) is 0.771. The van der Waals surface area contributed by atoms with Crippen LogP contribution in [-0.4, -0.2) is 32.3 Å². The lowest BCUT2D eigenvalue weighted by Crippen LogP contribution is -2.32. The Bertz CT molecular complexity index is 767. The van der Waals surface area contributed by atoms with Crippen molar-refractivity contribution < 1.29 is 23.8 Å². The van der Waals surface area contributed by atoms with Crippen LogP contribution in [0.1, 0.15) is 44.7 Å². The molecule has 0 fully saturated rings. The smallest absolute Gasteiger partial charge is 0.336 e. The van der Waals surface area contributed by atoms with Crippen molar-refractivity contribution >= 4 is 11.9 Å². The molecule has 0 atom stereocenters. The molecule has 1 N–H and O–H groups in total. The molecule has 1 aromatic carbocycles. The van der Waals surface area contributed by atoms with Gasteiger partial charge in [-0.3, -0.25) is 0 Å². The molecular formula is C21H27NO5. The van der Waals surface area contributed by atoms with E-state index in [1.165, 1.54) is 0 Å². The van der Waals surface area contributed by atoms with Gasteiger partial charge in [-0.1, -0.05) is 12.1 Å². The zero-order chi connectivity index (χ0) is 20.1. The summed E-state index contributed by atoms with van der Waals surface area (Å²) < 4.78 is 15.9. The highest BCUT2D eigenvalue weighted by Gasteiger charge is 2.38. The molecule has 27 heavy (non-hydrogen) atoms. The Kier molecular flexibility index (Phi) is 6.66. The Hall–Kier alpha value is -2.76. The first-order valence-electron chi connectivity index (χ1n) is 9.02. The van der Waals surface area contributed by atoms with Crippen molar-refractivity contribution in [1.29, 1.82) is 0 Å². The predicted molar refractivity (Wildman–Crippen MR) is 102 cm³/mol. The van der Waals surface area contributed by atoms with E-state index < -0.39 is 17.9 Å². The molecule has 0 radical (unpaired) electrons. The van der Waals surface area contributed by atoms with Gasteiger partial charge in [0.25, 0.3) is 0 Å². The fourth-order valence-electron chi connectivity index (χ4n) is 3.37. The fraction of sp³-hybridized carbons (Fsp3) is 0.429. The lowest BCUT2D eigenvalue weighted by molar-refractivity contribution is -0.139. The van der Waals surface area contributed by atoms with Gasteiger partial charge in [0.15, 0.2) is 0 Å². The zero-order valence-electron chi connectivity index (χ0n) is 16.8. The van der Waals surface area contributed by atoms with Crippen molar-refractivity contribution in [3.8, 4) is 5.75 Å². The number of nitrogens with one attached hydrogen (secondary N) is 1. The van der Waals surface area contributed by atoms with Gasteiger partial charge in [-0.05, 0) is 51.8 Å². The summed E-state index contributed by atoms with van der Waals surface area (Å²) in [6, 6.07) is 5.62. The number of carbonyl (C=O) groups is 2. The maximum absolute atomic E-state index is 12.7. The van der Waals surface area contributed by atoms with Crippen LogP contribution in [-0.2, 0) is 19.1 Å². The third-order valence-corrected chi connectivity index (χ3v) is 4.50. The molecule has 1 aromatic rings. The predicted octanol–water partition coefficient (Wildman–Crippen LogP) is 3.36. The summed E-state index contributed by atoms with van der Waals surface area (Å²) in [4.78, 5) is 25.4. The van der Waals surface area contributed by atoms with Gasteiger partial charge in [-0.15, -0.1) is 0 Å².